The zero-order chi connectivity index (χ0) is 26.9. The number of esters is 1. The monoisotopic (exact) mass is 548 g/mol. The average molecular weight is 549 g/mol. The van der Waals surface area contributed by atoms with E-state index in [2.05, 4.69) is 22.1 Å². The zero-order valence-electron chi connectivity index (χ0n) is 21.2. The number of nitrogens with zero attached hydrogens (tertiary/aromatic N) is 3. The van der Waals surface area contributed by atoms with Gasteiger partial charge in [-0.25, -0.2) is 4.79 Å². The van der Waals surface area contributed by atoms with Crippen LogP contribution in [0.2, 0.25) is 0 Å². The van der Waals surface area contributed by atoms with Gasteiger partial charge in [0.1, 0.15) is 22.9 Å². The molecule has 4 rings (SSSR count). The number of thiophene rings is 1. The van der Waals surface area contributed by atoms with Gasteiger partial charge >= 0.3 is 5.97 Å². The Morgan fingerprint density at radius 1 is 1.16 bits per heavy atom. The lowest BCUT2D eigenvalue weighted by atomic mass is 10.0. The van der Waals surface area contributed by atoms with E-state index in [4.69, 9.17) is 9.47 Å². The summed E-state index contributed by atoms with van der Waals surface area (Å²) in [5.74, 6) is 0.710. The largest absolute Gasteiger partial charge is 0.486 e. The minimum atomic E-state index is -0.473. The van der Waals surface area contributed by atoms with Crippen molar-refractivity contribution in [3.8, 4) is 16.9 Å². The van der Waals surface area contributed by atoms with Gasteiger partial charge in [0, 0.05) is 17.5 Å². The van der Waals surface area contributed by atoms with Crippen molar-refractivity contribution in [2.24, 2.45) is 0 Å². The Labute approximate surface area is 229 Å². The molecule has 0 saturated heterocycles. The number of anilines is 1. The number of aromatic nitrogens is 3. The molecule has 0 spiro atoms. The summed E-state index contributed by atoms with van der Waals surface area (Å²) in [6.07, 6.45) is 1.74. The molecule has 2 heterocycles. The standard InChI is InChI=1S/C28H28N4O4S2/c1-4-14-32-23(16-36-21-13-9-10-19(3)15-21)30-31-28(32)38-18-24(33)29-26-25(27(34)35-5-2)22(17-37-26)20-11-7-6-8-12-20/h4,6-13,15,17H,1,5,14,16,18H2,2-3H3,(H,29,33). The molecular weight excluding hydrogens is 520 g/mol. The Bertz CT molecular complexity index is 1420. The van der Waals surface area contributed by atoms with E-state index in [-0.39, 0.29) is 24.9 Å². The summed E-state index contributed by atoms with van der Waals surface area (Å²) in [4.78, 5) is 25.7. The Morgan fingerprint density at radius 2 is 1.97 bits per heavy atom. The first-order chi connectivity index (χ1) is 18.5. The number of carbonyl (C=O) groups excluding carboxylic acids is 2. The molecule has 10 heteroatoms. The number of benzene rings is 2. The molecule has 0 atom stereocenters. The van der Waals surface area contributed by atoms with Crippen molar-refractivity contribution in [2.75, 3.05) is 17.7 Å². The third-order valence-electron chi connectivity index (χ3n) is 5.40. The summed E-state index contributed by atoms with van der Waals surface area (Å²) in [5.41, 5.74) is 3.05. The Balaban J connectivity index is 1.45. The molecule has 2 aromatic heterocycles. The number of hydrogen-bond donors (Lipinski definition) is 1. The van der Waals surface area contributed by atoms with Crippen LogP contribution in [0.25, 0.3) is 11.1 Å². The molecule has 0 bridgehead atoms. The highest BCUT2D eigenvalue weighted by Gasteiger charge is 2.23. The molecule has 38 heavy (non-hydrogen) atoms. The molecule has 4 aromatic rings. The second-order valence-corrected chi connectivity index (χ2v) is 10.0. The number of aryl methyl sites for hydroxylation is 1. The van der Waals surface area contributed by atoms with Crippen molar-refractivity contribution in [1.29, 1.82) is 0 Å². The van der Waals surface area contributed by atoms with E-state index in [0.29, 0.717) is 28.1 Å². The van der Waals surface area contributed by atoms with Crippen molar-refractivity contribution in [3.63, 3.8) is 0 Å². The van der Waals surface area contributed by atoms with Gasteiger partial charge in [0.2, 0.25) is 5.91 Å². The van der Waals surface area contributed by atoms with Gasteiger partial charge < -0.3 is 14.8 Å². The highest BCUT2D eigenvalue weighted by molar-refractivity contribution is 7.99. The summed E-state index contributed by atoms with van der Waals surface area (Å²) in [7, 11) is 0. The van der Waals surface area contributed by atoms with E-state index >= 15 is 0 Å². The number of rotatable bonds is 12. The maximum atomic E-state index is 12.9. The van der Waals surface area contributed by atoms with E-state index < -0.39 is 5.97 Å². The van der Waals surface area contributed by atoms with Crippen LogP contribution in [-0.2, 0) is 22.7 Å². The number of carbonyl (C=O) groups is 2. The second kappa shape index (κ2) is 13.1. The highest BCUT2D eigenvalue weighted by atomic mass is 32.2. The van der Waals surface area contributed by atoms with Gasteiger partial charge in [0.15, 0.2) is 11.0 Å². The molecule has 2 aromatic carbocycles. The zero-order valence-corrected chi connectivity index (χ0v) is 22.8. The third-order valence-corrected chi connectivity index (χ3v) is 7.27. The first kappa shape index (κ1) is 27.2. The van der Waals surface area contributed by atoms with E-state index in [1.165, 1.54) is 23.1 Å². The van der Waals surface area contributed by atoms with Crippen LogP contribution in [0.5, 0.6) is 5.75 Å². The smallest absolute Gasteiger partial charge is 0.341 e. The van der Waals surface area contributed by atoms with Crippen molar-refractivity contribution >= 4 is 40.0 Å². The van der Waals surface area contributed by atoms with Crippen LogP contribution in [0.3, 0.4) is 0 Å². The van der Waals surface area contributed by atoms with Gasteiger partial charge in [-0.3, -0.25) is 9.36 Å². The second-order valence-electron chi connectivity index (χ2n) is 8.18. The molecule has 0 aliphatic carbocycles. The van der Waals surface area contributed by atoms with Crippen LogP contribution in [0.4, 0.5) is 5.00 Å². The van der Waals surface area contributed by atoms with Gasteiger partial charge in [-0.1, -0.05) is 60.3 Å². The minimum absolute atomic E-state index is 0.0782. The van der Waals surface area contributed by atoms with Gasteiger partial charge in [-0.05, 0) is 37.1 Å². The third kappa shape index (κ3) is 6.70. The van der Waals surface area contributed by atoms with E-state index in [1.54, 1.807) is 13.0 Å². The predicted molar refractivity (Wildman–Crippen MR) is 151 cm³/mol. The summed E-state index contributed by atoms with van der Waals surface area (Å²) in [6.45, 7) is 8.52. The maximum Gasteiger partial charge on any atom is 0.341 e. The Hall–Kier alpha value is -3.89. The summed E-state index contributed by atoms with van der Waals surface area (Å²) < 4.78 is 13.0. The summed E-state index contributed by atoms with van der Waals surface area (Å²) >= 11 is 2.54. The fourth-order valence-electron chi connectivity index (χ4n) is 3.68. The quantitative estimate of drug-likeness (QED) is 0.132. The molecule has 0 aliphatic rings. The molecule has 1 N–H and O–H groups in total. The van der Waals surface area contributed by atoms with Gasteiger partial charge in [0.25, 0.3) is 0 Å². The average Bonchev–Trinajstić information content (AvgIpc) is 3.51. The number of nitrogens with one attached hydrogen (secondary N) is 1. The molecule has 8 nitrogen and oxygen atoms in total. The van der Waals surface area contributed by atoms with E-state index in [9.17, 15) is 9.59 Å². The van der Waals surface area contributed by atoms with Gasteiger partial charge in [0.05, 0.1) is 12.4 Å². The van der Waals surface area contributed by atoms with Crippen LogP contribution in [-0.4, -0.2) is 39.0 Å². The predicted octanol–water partition coefficient (Wildman–Crippen LogP) is 5.99. The van der Waals surface area contributed by atoms with Crippen LogP contribution in [0.15, 0.2) is 77.8 Å². The molecule has 196 valence electrons. The molecule has 1 amide bonds. The molecule has 0 fully saturated rings. The summed E-state index contributed by atoms with van der Waals surface area (Å²) in [6, 6.07) is 17.3. The first-order valence-corrected chi connectivity index (χ1v) is 13.9. The summed E-state index contributed by atoms with van der Waals surface area (Å²) in [5, 5.41) is 14.3. The number of amides is 1. The van der Waals surface area contributed by atoms with Crippen molar-refractivity contribution in [2.45, 2.75) is 32.2 Å². The molecule has 0 radical (unpaired) electrons. The van der Waals surface area contributed by atoms with Crippen molar-refractivity contribution < 1.29 is 19.1 Å². The lowest BCUT2D eigenvalue weighted by Gasteiger charge is -2.10. The van der Waals surface area contributed by atoms with Gasteiger partial charge in [-0.15, -0.1) is 28.1 Å². The van der Waals surface area contributed by atoms with Crippen LogP contribution >= 0.6 is 23.1 Å². The topological polar surface area (TPSA) is 95.3 Å². The molecule has 0 saturated carbocycles. The number of thioether (sulfide) groups is 1. The van der Waals surface area contributed by atoms with Crippen LogP contribution in [0.1, 0.15) is 28.7 Å². The van der Waals surface area contributed by atoms with Crippen molar-refractivity contribution in [3.05, 3.63) is 89.6 Å². The molecule has 0 unspecified atom stereocenters. The lowest BCUT2D eigenvalue weighted by molar-refractivity contribution is -0.113. The van der Waals surface area contributed by atoms with Crippen LogP contribution in [0, 0.1) is 6.92 Å². The first-order valence-electron chi connectivity index (χ1n) is 12.0. The fraction of sp³-hybridized carbons (Fsp3) is 0.214. The number of ether oxygens (including phenoxy) is 2. The van der Waals surface area contributed by atoms with Crippen LogP contribution < -0.4 is 10.1 Å². The van der Waals surface area contributed by atoms with Gasteiger partial charge in [-0.2, -0.15) is 0 Å². The highest BCUT2D eigenvalue weighted by Crippen LogP contribution is 2.36. The fourth-order valence-corrected chi connectivity index (χ4v) is 5.42. The molecular formula is C28H28N4O4S2. The molecule has 0 aliphatic heterocycles. The van der Waals surface area contributed by atoms with E-state index in [0.717, 1.165) is 22.4 Å². The number of allylic oxidation sites excluding steroid dienone is 1. The Kier molecular flexibility index (Phi) is 9.34. The normalized spacial score (nSPS) is 10.7. The SMILES string of the molecule is C=CCn1c(COc2cccc(C)c2)nnc1SCC(=O)Nc1scc(-c2ccccc2)c1C(=O)OCC. The van der Waals surface area contributed by atoms with Crippen molar-refractivity contribution in [1.82, 2.24) is 14.8 Å². The maximum absolute atomic E-state index is 12.9. The number of hydrogen-bond acceptors (Lipinski definition) is 8. The minimum Gasteiger partial charge on any atom is -0.486 e. The Morgan fingerprint density at radius 3 is 2.71 bits per heavy atom. The van der Waals surface area contributed by atoms with E-state index in [1.807, 2.05) is 71.5 Å². The lowest BCUT2D eigenvalue weighted by Crippen LogP contribution is -2.17.